The number of nitrogens with one attached hydrogen (secondary N) is 1. The van der Waals surface area contributed by atoms with Crippen LogP contribution in [0, 0.1) is 12.7 Å². The van der Waals surface area contributed by atoms with Crippen LogP contribution in [0.4, 0.5) is 21.5 Å². The van der Waals surface area contributed by atoms with Crippen molar-refractivity contribution in [1.82, 2.24) is 4.57 Å². The minimum atomic E-state index is -3.67. The number of aliphatic hydroxyl groups excluding tert-OH is 1. The van der Waals surface area contributed by atoms with E-state index in [1.54, 1.807) is 12.1 Å². The van der Waals surface area contributed by atoms with Crippen molar-refractivity contribution < 1.29 is 17.9 Å². The van der Waals surface area contributed by atoms with E-state index in [1.807, 2.05) is 55.7 Å². The fraction of sp³-hybridized carbons (Fsp3) is 0.333. The molecule has 1 saturated heterocycles. The summed E-state index contributed by atoms with van der Waals surface area (Å²) in [5, 5.41) is 12.8. The van der Waals surface area contributed by atoms with Crippen LogP contribution in [0.5, 0.6) is 0 Å². The van der Waals surface area contributed by atoms with E-state index < -0.39 is 15.7 Å². The molecular weight excluding hydrogens is 587 g/mol. The minimum Gasteiger partial charge on any atom is -0.395 e. The first-order valence-corrected chi connectivity index (χ1v) is 16.7. The molecule has 0 spiro atoms. The quantitative estimate of drug-likeness (QED) is 0.217. The Balaban J connectivity index is 1.52. The van der Waals surface area contributed by atoms with Crippen molar-refractivity contribution in [2.75, 3.05) is 60.7 Å². The van der Waals surface area contributed by atoms with Crippen LogP contribution in [0.2, 0.25) is 5.02 Å². The number of rotatable bonds is 9. The molecule has 2 N–H and O–H groups in total. The van der Waals surface area contributed by atoms with Crippen LogP contribution in [0.3, 0.4) is 0 Å². The summed E-state index contributed by atoms with van der Waals surface area (Å²) >= 11 is 6.20. The van der Waals surface area contributed by atoms with Gasteiger partial charge in [-0.3, -0.25) is 0 Å². The number of halogens is 2. The van der Waals surface area contributed by atoms with Gasteiger partial charge in [-0.2, -0.15) is 0 Å². The molecule has 2 heterocycles. The molecule has 1 aromatic heterocycles. The van der Waals surface area contributed by atoms with Gasteiger partial charge in [-0.25, -0.2) is 12.8 Å². The Bertz CT molecular complexity index is 1700. The lowest BCUT2D eigenvalue weighted by Crippen LogP contribution is -2.46. The summed E-state index contributed by atoms with van der Waals surface area (Å²) in [5.41, 5.74) is 5.96. The van der Waals surface area contributed by atoms with Gasteiger partial charge in [-0.1, -0.05) is 23.7 Å². The second-order valence-electron chi connectivity index (χ2n) is 11.3. The van der Waals surface area contributed by atoms with Gasteiger partial charge in [0.25, 0.3) is 0 Å². The van der Waals surface area contributed by atoms with Crippen LogP contribution >= 0.6 is 11.6 Å². The Labute approximate surface area is 258 Å². The SMILES string of the molecule is Cc1c(S(C)(=O)=O)c(-c2cc(F)cc(N3CCN(c4ccc(NCCO)cc4)CC3)c2)c(-c2ccc(Cl)cc2)n1C(C)C. The number of nitrogens with zero attached hydrogens (tertiary/aromatic N) is 3. The number of hydrogen-bond acceptors (Lipinski definition) is 6. The first kappa shape index (κ1) is 30.9. The molecule has 1 fully saturated rings. The number of aliphatic hydroxyl groups is 1. The van der Waals surface area contributed by atoms with Crippen LogP contribution in [0.1, 0.15) is 25.6 Å². The predicted octanol–water partition coefficient (Wildman–Crippen LogP) is 6.64. The lowest BCUT2D eigenvalue weighted by Gasteiger charge is -2.37. The van der Waals surface area contributed by atoms with Crippen LogP contribution in [-0.2, 0) is 9.84 Å². The van der Waals surface area contributed by atoms with Crippen molar-refractivity contribution in [2.24, 2.45) is 0 Å². The lowest BCUT2D eigenvalue weighted by molar-refractivity contribution is 0.311. The Morgan fingerprint density at radius 3 is 2.07 bits per heavy atom. The van der Waals surface area contributed by atoms with E-state index in [0.29, 0.717) is 41.5 Å². The largest absolute Gasteiger partial charge is 0.395 e. The molecule has 0 bridgehead atoms. The average molecular weight is 625 g/mol. The smallest absolute Gasteiger partial charge is 0.177 e. The summed E-state index contributed by atoms with van der Waals surface area (Å²) < 4.78 is 44.0. The van der Waals surface area contributed by atoms with Gasteiger partial charge in [0, 0.05) is 78.4 Å². The van der Waals surface area contributed by atoms with Crippen molar-refractivity contribution >= 4 is 38.5 Å². The molecule has 5 rings (SSSR count). The normalized spacial score (nSPS) is 14.0. The van der Waals surface area contributed by atoms with Crippen molar-refractivity contribution in [3.63, 3.8) is 0 Å². The second kappa shape index (κ2) is 12.6. The maximum absolute atomic E-state index is 15.4. The van der Waals surface area contributed by atoms with Gasteiger partial charge in [0.2, 0.25) is 0 Å². The van der Waals surface area contributed by atoms with Gasteiger partial charge >= 0.3 is 0 Å². The number of hydrogen-bond donors (Lipinski definition) is 2. The highest BCUT2D eigenvalue weighted by atomic mass is 35.5. The molecule has 0 aliphatic carbocycles. The molecule has 1 aliphatic rings. The standard InChI is InChI=1S/C33H38ClFN4O3S/c1-22(2)39-23(3)33(43(4,41)42)31(32(39)24-5-7-26(34)8-6-24)25-19-27(35)21-30(20-25)38-16-14-37(15-17-38)29-11-9-28(10-12-29)36-13-18-40/h5-12,19-22,36,40H,13-18H2,1-4H3. The molecule has 1 aliphatic heterocycles. The maximum Gasteiger partial charge on any atom is 0.177 e. The highest BCUT2D eigenvalue weighted by molar-refractivity contribution is 7.91. The van der Waals surface area contributed by atoms with Gasteiger partial charge in [0.15, 0.2) is 9.84 Å². The highest BCUT2D eigenvalue weighted by Gasteiger charge is 2.30. The average Bonchev–Trinajstić information content (AvgIpc) is 3.30. The molecule has 0 radical (unpaired) electrons. The maximum atomic E-state index is 15.4. The highest BCUT2D eigenvalue weighted by Crippen LogP contribution is 2.44. The molecule has 0 atom stereocenters. The van der Waals surface area contributed by atoms with E-state index in [-0.39, 0.29) is 17.5 Å². The molecule has 0 saturated carbocycles. The molecule has 228 valence electrons. The van der Waals surface area contributed by atoms with Crippen molar-refractivity contribution in [2.45, 2.75) is 31.7 Å². The number of anilines is 3. The fourth-order valence-corrected chi connectivity index (χ4v) is 7.40. The summed E-state index contributed by atoms with van der Waals surface area (Å²) in [7, 11) is -3.67. The Hall–Kier alpha value is -3.53. The molecule has 4 aromatic rings. The summed E-state index contributed by atoms with van der Waals surface area (Å²) in [6, 6.07) is 20.2. The summed E-state index contributed by atoms with van der Waals surface area (Å²) in [6.45, 7) is 9.29. The zero-order valence-electron chi connectivity index (χ0n) is 24.9. The third-order valence-electron chi connectivity index (χ3n) is 7.89. The lowest BCUT2D eigenvalue weighted by atomic mass is 9.99. The van der Waals surface area contributed by atoms with Gasteiger partial charge in [0.05, 0.1) is 17.2 Å². The van der Waals surface area contributed by atoms with Crippen molar-refractivity contribution in [3.8, 4) is 22.4 Å². The van der Waals surface area contributed by atoms with Gasteiger partial charge < -0.3 is 24.8 Å². The zero-order valence-corrected chi connectivity index (χ0v) is 26.5. The van der Waals surface area contributed by atoms with Gasteiger partial charge in [0.1, 0.15) is 5.82 Å². The number of aromatic nitrogens is 1. The molecule has 0 amide bonds. The Morgan fingerprint density at radius 2 is 1.51 bits per heavy atom. The molecule has 3 aromatic carbocycles. The molecule has 43 heavy (non-hydrogen) atoms. The first-order valence-electron chi connectivity index (χ1n) is 14.4. The van der Waals surface area contributed by atoms with Crippen LogP contribution in [0.25, 0.3) is 22.4 Å². The minimum absolute atomic E-state index is 0.0411. The molecule has 0 unspecified atom stereocenters. The summed E-state index contributed by atoms with van der Waals surface area (Å²) in [6.07, 6.45) is 1.21. The van der Waals surface area contributed by atoms with Crippen molar-refractivity contribution in [3.05, 3.63) is 83.3 Å². The van der Waals surface area contributed by atoms with Crippen LogP contribution < -0.4 is 15.1 Å². The molecule has 7 nitrogen and oxygen atoms in total. The van der Waals surface area contributed by atoms with Crippen LogP contribution in [-0.4, -0.2) is 63.7 Å². The fourth-order valence-electron chi connectivity index (χ4n) is 6.06. The topological polar surface area (TPSA) is 77.8 Å². The number of sulfone groups is 1. The Morgan fingerprint density at radius 1 is 0.907 bits per heavy atom. The first-order chi connectivity index (χ1) is 20.5. The van der Waals surface area contributed by atoms with Gasteiger partial charge in [-0.15, -0.1) is 0 Å². The van der Waals surface area contributed by atoms with E-state index in [0.717, 1.165) is 41.4 Å². The van der Waals surface area contributed by atoms with E-state index in [2.05, 4.69) is 27.2 Å². The predicted molar refractivity (Wildman–Crippen MR) is 175 cm³/mol. The van der Waals surface area contributed by atoms with E-state index in [9.17, 15) is 8.42 Å². The molecule has 10 heteroatoms. The number of benzene rings is 3. The number of piperazine rings is 1. The van der Waals surface area contributed by atoms with E-state index in [1.165, 1.54) is 18.4 Å². The summed E-state index contributed by atoms with van der Waals surface area (Å²) in [5.74, 6) is -0.419. The van der Waals surface area contributed by atoms with Crippen LogP contribution in [0.15, 0.2) is 71.6 Å². The van der Waals surface area contributed by atoms with Crippen molar-refractivity contribution in [1.29, 1.82) is 0 Å². The third kappa shape index (κ3) is 6.54. The van der Waals surface area contributed by atoms with E-state index >= 15 is 4.39 Å². The van der Waals surface area contributed by atoms with E-state index in [4.69, 9.17) is 16.7 Å². The van der Waals surface area contributed by atoms with Gasteiger partial charge in [-0.05, 0) is 86.5 Å². The summed E-state index contributed by atoms with van der Waals surface area (Å²) in [4.78, 5) is 4.65. The molecular formula is C33H38ClFN4O3S. The Kier molecular flexibility index (Phi) is 9.06. The zero-order chi connectivity index (χ0) is 30.9. The monoisotopic (exact) mass is 624 g/mol. The second-order valence-corrected chi connectivity index (χ2v) is 13.6. The third-order valence-corrected chi connectivity index (χ3v) is 9.38.